The average molecular weight is 536 g/mol. The number of H-pyrrole nitrogens is 1. The fourth-order valence-electron chi connectivity index (χ4n) is 3.66. The number of aliphatic imine (C=N–C) groups is 1. The van der Waals surface area contributed by atoms with Crippen molar-refractivity contribution in [3.63, 3.8) is 0 Å². The Morgan fingerprint density at radius 2 is 1.94 bits per heavy atom. The summed E-state index contributed by atoms with van der Waals surface area (Å²) in [5, 5.41) is 15.6. The lowest BCUT2D eigenvalue weighted by molar-refractivity contribution is -0.384. The average Bonchev–Trinajstić information content (AvgIpc) is 3.44. The molecular weight excluding hydrogens is 518 g/mol. The van der Waals surface area contributed by atoms with Crippen molar-refractivity contribution in [2.24, 2.45) is 4.99 Å². The van der Waals surface area contributed by atoms with Gasteiger partial charge in [0.1, 0.15) is 0 Å². The van der Waals surface area contributed by atoms with Crippen molar-refractivity contribution in [3.05, 3.63) is 110 Å². The summed E-state index contributed by atoms with van der Waals surface area (Å²) in [6.45, 7) is 1.72. The van der Waals surface area contributed by atoms with Gasteiger partial charge < -0.3 is 0 Å². The molecule has 36 heavy (non-hydrogen) atoms. The number of nitrogens with one attached hydrogen (secondary N) is 1. The molecule has 5 rings (SSSR count). The number of nitrogens with zero attached hydrogens (tertiary/aromatic N) is 4. The third-order valence-corrected chi connectivity index (χ3v) is 7.65. The van der Waals surface area contributed by atoms with Gasteiger partial charge in [-0.15, -0.1) is 11.8 Å². The minimum Gasteiger partial charge on any atom is -0.291 e. The Labute approximate surface area is 218 Å². The maximum atomic E-state index is 13.6. The smallest absolute Gasteiger partial charge is 0.282 e. The minimum absolute atomic E-state index is 0.0662. The second-order valence-corrected chi connectivity index (χ2v) is 10.3. The number of halogens is 1. The first kappa shape index (κ1) is 24.0. The van der Waals surface area contributed by atoms with E-state index >= 15 is 0 Å². The van der Waals surface area contributed by atoms with Crippen LogP contribution in [0.3, 0.4) is 0 Å². The third-order valence-electron chi connectivity index (χ3n) is 5.34. The number of thiazole rings is 1. The van der Waals surface area contributed by atoms with E-state index in [-0.39, 0.29) is 11.2 Å². The van der Waals surface area contributed by atoms with Gasteiger partial charge in [0, 0.05) is 27.8 Å². The molecule has 8 nitrogen and oxygen atoms in total. The second-order valence-electron chi connectivity index (χ2n) is 7.79. The Morgan fingerprint density at radius 1 is 1.17 bits per heavy atom. The number of benzene rings is 3. The number of nitro benzene ring substituents is 1. The van der Waals surface area contributed by atoms with Crippen LogP contribution in [0.2, 0.25) is 5.02 Å². The van der Waals surface area contributed by atoms with Crippen molar-refractivity contribution in [1.29, 1.82) is 0 Å². The highest BCUT2D eigenvalue weighted by molar-refractivity contribution is 7.98. The summed E-state index contributed by atoms with van der Waals surface area (Å²) < 4.78 is 2.40. The summed E-state index contributed by atoms with van der Waals surface area (Å²) in [5.41, 5.74) is 2.37. The number of aromatic amines is 1. The first-order valence-corrected chi connectivity index (χ1v) is 13.0. The number of para-hydroxylation sites is 1. The van der Waals surface area contributed by atoms with Gasteiger partial charge in [0.05, 0.1) is 37.8 Å². The van der Waals surface area contributed by atoms with Crippen LogP contribution in [0, 0.1) is 10.1 Å². The molecule has 180 valence electrons. The summed E-state index contributed by atoms with van der Waals surface area (Å²) in [6.07, 6.45) is 0. The molecule has 0 atom stereocenters. The fourth-order valence-corrected chi connectivity index (χ4v) is 5.56. The SMILES string of the molecule is CC(=Nc1cccc([N+](=O)[O-])c1)c1c(CSc2ccc(Cl)cc2)[nH]n(-c2nc3ccccc3s2)c1=O. The standard InChI is InChI=1S/C25H18ClN5O3S2/c1-15(27-17-5-4-6-18(13-17)31(33)34)23-21(14-35-19-11-9-16(26)10-12-19)29-30(24(23)32)25-28-20-7-2-3-8-22(20)36-25/h2-13,29H,14H2,1H3. The van der Waals surface area contributed by atoms with Crippen LogP contribution in [-0.4, -0.2) is 25.4 Å². The van der Waals surface area contributed by atoms with Gasteiger partial charge in [-0.1, -0.05) is 41.1 Å². The lowest BCUT2D eigenvalue weighted by Gasteiger charge is -2.04. The van der Waals surface area contributed by atoms with E-state index < -0.39 is 4.92 Å². The van der Waals surface area contributed by atoms with Crippen molar-refractivity contribution in [2.45, 2.75) is 17.6 Å². The number of nitro groups is 1. The molecule has 5 aromatic rings. The number of non-ortho nitro benzene ring substituents is 1. The van der Waals surface area contributed by atoms with Crippen LogP contribution in [-0.2, 0) is 5.75 Å². The van der Waals surface area contributed by atoms with Crippen molar-refractivity contribution in [1.82, 2.24) is 14.8 Å². The fraction of sp³-hybridized carbons (Fsp3) is 0.0800. The number of hydrogen-bond donors (Lipinski definition) is 1. The highest BCUT2D eigenvalue weighted by Gasteiger charge is 2.20. The van der Waals surface area contributed by atoms with Crippen LogP contribution in [0.25, 0.3) is 15.3 Å². The monoisotopic (exact) mass is 535 g/mol. The number of thioether (sulfide) groups is 1. The van der Waals surface area contributed by atoms with Crippen molar-refractivity contribution in [3.8, 4) is 5.13 Å². The molecule has 0 bridgehead atoms. The van der Waals surface area contributed by atoms with E-state index in [1.807, 2.05) is 48.5 Å². The number of hydrogen-bond acceptors (Lipinski definition) is 7. The van der Waals surface area contributed by atoms with Crippen molar-refractivity contribution in [2.75, 3.05) is 0 Å². The van der Waals surface area contributed by atoms with E-state index in [4.69, 9.17) is 11.6 Å². The quantitative estimate of drug-likeness (QED) is 0.107. The van der Waals surface area contributed by atoms with Crippen molar-refractivity contribution >= 4 is 62.0 Å². The molecule has 1 N–H and O–H groups in total. The zero-order valence-electron chi connectivity index (χ0n) is 18.8. The molecule has 0 aliphatic rings. The first-order valence-electron chi connectivity index (χ1n) is 10.8. The van der Waals surface area contributed by atoms with Gasteiger partial charge in [-0.25, -0.2) is 4.98 Å². The Hall–Kier alpha value is -3.73. The zero-order chi connectivity index (χ0) is 25.2. The molecule has 2 aromatic heterocycles. The third kappa shape index (κ3) is 4.97. The molecule has 0 fully saturated rings. The maximum Gasteiger partial charge on any atom is 0.282 e. The molecule has 3 aromatic carbocycles. The van der Waals surface area contributed by atoms with Gasteiger partial charge in [0.2, 0.25) is 5.13 Å². The van der Waals surface area contributed by atoms with Crippen LogP contribution >= 0.6 is 34.7 Å². The molecule has 0 radical (unpaired) electrons. The summed E-state index contributed by atoms with van der Waals surface area (Å²) in [4.78, 5) is 34.5. The molecule has 2 heterocycles. The summed E-state index contributed by atoms with van der Waals surface area (Å²) in [6, 6.07) is 21.2. The van der Waals surface area contributed by atoms with Crippen LogP contribution in [0.4, 0.5) is 11.4 Å². The molecule has 0 saturated carbocycles. The van der Waals surface area contributed by atoms with Gasteiger partial charge in [0.15, 0.2) is 0 Å². The van der Waals surface area contributed by atoms with E-state index in [0.717, 1.165) is 15.1 Å². The summed E-state index contributed by atoms with van der Waals surface area (Å²) >= 11 is 8.96. The topological polar surface area (TPSA) is 106 Å². The molecule has 0 spiro atoms. The normalized spacial score (nSPS) is 11.8. The molecule has 11 heteroatoms. The van der Waals surface area contributed by atoms with Gasteiger partial charge in [-0.2, -0.15) is 4.68 Å². The molecule has 0 aliphatic carbocycles. The number of fused-ring (bicyclic) bond motifs is 1. The van der Waals surface area contributed by atoms with Crippen LogP contribution in [0.15, 0.2) is 87.5 Å². The van der Waals surface area contributed by atoms with Crippen LogP contribution in [0.1, 0.15) is 18.2 Å². The molecule has 0 amide bonds. The molecule has 0 aliphatic heterocycles. The Bertz CT molecular complexity index is 1640. The van der Waals surface area contributed by atoms with E-state index in [9.17, 15) is 14.9 Å². The van der Waals surface area contributed by atoms with Gasteiger partial charge in [-0.3, -0.25) is 25.0 Å². The highest BCUT2D eigenvalue weighted by Crippen LogP contribution is 2.28. The largest absolute Gasteiger partial charge is 0.291 e. The lowest BCUT2D eigenvalue weighted by Crippen LogP contribution is -2.19. The molecular formula is C25H18ClN5O3S2. The van der Waals surface area contributed by atoms with Crippen molar-refractivity contribution < 1.29 is 4.92 Å². The first-order chi connectivity index (χ1) is 17.4. The van der Waals surface area contributed by atoms with E-state index in [1.165, 1.54) is 28.2 Å². The summed E-state index contributed by atoms with van der Waals surface area (Å²) in [7, 11) is 0. The van der Waals surface area contributed by atoms with E-state index in [2.05, 4.69) is 15.1 Å². The lowest BCUT2D eigenvalue weighted by atomic mass is 10.1. The van der Waals surface area contributed by atoms with E-state index in [1.54, 1.807) is 30.8 Å². The Balaban J connectivity index is 1.58. The van der Waals surface area contributed by atoms with Gasteiger partial charge in [-0.05, 0) is 49.4 Å². The Kier molecular flexibility index (Phi) is 6.73. The predicted octanol–water partition coefficient (Wildman–Crippen LogP) is 6.77. The minimum atomic E-state index is -0.473. The molecule has 0 unspecified atom stereocenters. The van der Waals surface area contributed by atoms with Crippen LogP contribution < -0.4 is 5.56 Å². The van der Waals surface area contributed by atoms with Gasteiger partial charge in [0.25, 0.3) is 11.2 Å². The zero-order valence-corrected chi connectivity index (χ0v) is 21.2. The predicted molar refractivity (Wildman–Crippen MR) is 146 cm³/mol. The summed E-state index contributed by atoms with van der Waals surface area (Å²) in [5.74, 6) is 0.464. The van der Waals surface area contributed by atoms with Crippen LogP contribution in [0.5, 0.6) is 0 Å². The maximum absolute atomic E-state index is 13.6. The second kappa shape index (κ2) is 10.1. The highest BCUT2D eigenvalue weighted by atomic mass is 35.5. The van der Waals surface area contributed by atoms with Gasteiger partial charge >= 0.3 is 0 Å². The number of aromatic nitrogens is 3. The molecule has 0 saturated heterocycles. The number of rotatable bonds is 7. The Morgan fingerprint density at radius 3 is 2.69 bits per heavy atom. The van der Waals surface area contributed by atoms with E-state index in [0.29, 0.717) is 38.6 Å².